The van der Waals surface area contributed by atoms with Crippen molar-refractivity contribution in [3.8, 4) is 5.75 Å². The summed E-state index contributed by atoms with van der Waals surface area (Å²) in [6.07, 6.45) is 1.11. The largest absolute Gasteiger partial charge is 0.497 e. The molecule has 0 aliphatic heterocycles. The van der Waals surface area contributed by atoms with Crippen molar-refractivity contribution in [2.45, 2.75) is 6.54 Å². The van der Waals surface area contributed by atoms with Crippen LogP contribution in [0.25, 0.3) is 0 Å². The van der Waals surface area contributed by atoms with E-state index in [9.17, 15) is 13.2 Å². The predicted molar refractivity (Wildman–Crippen MR) is 98.1 cm³/mol. The Morgan fingerprint density at radius 2 is 1.64 bits per heavy atom. The Morgan fingerprint density at radius 3 is 2.16 bits per heavy atom. The third-order valence-electron chi connectivity index (χ3n) is 3.82. The van der Waals surface area contributed by atoms with Gasteiger partial charge in [0.15, 0.2) is 0 Å². The van der Waals surface area contributed by atoms with Gasteiger partial charge < -0.3 is 9.64 Å². The number of ether oxygens (including phenoxy) is 1. The van der Waals surface area contributed by atoms with E-state index in [1.165, 1.54) is 9.21 Å². The highest BCUT2D eigenvalue weighted by Crippen LogP contribution is 2.19. The van der Waals surface area contributed by atoms with Crippen LogP contribution < -0.4 is 9.64 Å². The molecule has 2 aromatic rings. The van der Waals surface area contributed by atoms with Crippen molar-refractivity contribution in [2.75, 3.05) is 31.9 Å². The lowest BCUT2D eigenvalue weighted by molar-refractivity contribution is -0.118. The van der Waals surface area contributed by atoms with E-state index >= 15 is 0 Å². The molecule has 7 heteroatoms. The van der Waals surface area contributed by atoms with E-state index in [-0.39, 0.29) is 19.0 Å². The summed E-state index contributed by atoms with van der Waals surface area (Å²) in [5.74, 6) is 0.373. The minimum atomic E-state index is -3.52. The van der Waals surface area contributed by atoms with E-state index in [0.717, 1.165) is 11.8 Å². The number of anilines is 1. The van der Waals surface area contributed by atoms with Gasteiger partial charge in [0.05, 0.1) is 19.9 Å². The number of methoxy groups -OCH3 is 1. The zero-order chi connectivity index (χ0) is 18.4. The lowest BCUT2D eigenvalue weighted by atomic mass is 10.2. The molecule has 0 saturated carbocycles. The number of hydrogen-bond acceptors (Lipinski definition) is 4. The molecule has 2 aromatic carbocycles. The minimum Gasteiger partial charge on any atom is -0.497 e. The van der Waals surface area contributed by atoms with Crippen LogP contribution in [0.1, 0.15) is 5.56 Å². The molecule has 0 heterocycles. The molecule has 0 bridgehead atoms. The summed E-state index contributed by atoms with van der Waals surface area (Å²) in [5, 5.41) is 0. The van der Waals surface area contributed by atoms with Crippen molar-refractivity contribution >= 4 is 21.6 Å². The van der Waals surface area contributed by atoms with Crippen LogP contribution in [0.15, 0.2) is 54.6 Å². The van der Waals surface area contributed by atoms with E-state index in [4.69, 9.17) is 4.74 Å². The van der Waals surface area contributed by atoms with Crippen molar-refractivity contribution in [1.29, 1.82) is 0 Å². The summed E-state index contributed by atoms with van der Waals surface area (Å²) in [6, 6.07) is 16.2. The Balaban J connectivity index is 2.12. The molecule has 6 nitrogen and oxygen atoms in total. The monoisotopic (exact) mass is 362 g/mol. The molecule has 1 amide bonds. The number of nitrogens with zero attached hydrogens (tertiary/aromatic N) is 2. The van der Waals surface area contributed by atoms with Gasteiger partial charge in [-0.15, -0.1) is 0 Å². The van der Waals surface area contributed by atoms with E-state index < -0.39 is 10.0 Å². The highest BCUT2D eigenvalue weighted by atomic mass is 32.2. The fraction of sp³-hybridized carbons (Fsp3) is 0.278. The number of carbonyl (C=O) groups is 1. The molecular formula is C18H22N2O4S. The Hall–Kier alpha value is -2.38. The van der Waals surface area contributed by atoms with Crippen LogP contribution in [0, 0.1) is 0 Å². The standard InChI is InChI=1S/C18H22N2O4S/c1-19(16-9-11-17(24-2)12-10-16)18(21)14-20(25(3,22)23)13-15-7-5-4-6-8-15/h4-12H,13-14H2,1-3H3. The highest BCUT2D eigenvalue weighted by molar-refractivity contribution is 7.88. The Kier molecular flexibility index (Phi) is 6.17. The van der Waals surface area contributed by atoms with Crippen molar-refractivity contribution in [3.05, 3.63) is 60.2 Å². The molecule has 134 valence electrons. The summed E-state index contributed by atoms with van der Waals surface area (Å²) in [4.78, 5) is 14.0. The summed E-state index contributed by atoms with van der Waals surface area (Å²) in [5.41, 5.74) is 1.49. The Bertz CT molecular complexity index is 805. The molecular weight excluding hydrogens is 340 g/mol. The van der Waals surface area contributed by atoms with Gasteiger partial charge in [-0.1, -0.05) is 30.3 Å². The average molecular weight is 362 g/mol. The van der Waals surface area contributed by atoms with Gasteiger partial charge in [0.1, 0.15) is 5.75 Å². The first kappa shape index (κ1) is 19.0. The van der Waals surface area contributed by atoms with Gasteiger partial charge in [-0.2, -0.15) is 4.31 Å². The molecule has 0 atom stereocenters. The average Bonchev–Trinajstić information content (AvgIpc) is 2.60. The van der Waals surface area contributed by atoms with Crippen LogP contribution in [0.2, 0.25) is 0 Å². The van der Waals surface area contributed by atoms with Gasteiger partial charge >= 0.3 is 0 Å². The van der Waals surface area contributed by atoms with Gasteiger partial charge in [0, 0.05) is 19.3 Å². The molecule has 0 saturated heterocycles. The van der Waals surface area contributed by atoms with Gasteiger partial charge in [0.25, 0.3) is 0 Å². The van der Waals surface area contributed by atoms with Crippen LogP contribution in [0.4, 0.5) is 5.69 Å². The predicted octanol–water partition coefficient (Wildman–Crippen LogP) is 2.12. The minimum absolute atomic E-state index is 0.155. The van der Waals surface area contributed by atoms with E-state index in [1.807, 2.05) is 30.3 Å². The molecule has 0 N–H and O–H groups in total. The zero-order valence-electron chi connectivity index (χ0n) is 14.5. The Morgan fingerprint density at radius 1 is 1.04 bits per heavy atom. The second kappa shape index (κ2) is 8.13. The highest BCUT2D eigenvalue weighted by Gasteiger charge is 2.23. The normalized spacial score (nSPS) is 11.4. The molecule has 25 heavy (non-hydrogen) atoms. The summed E-state index contributed by atoms with van der Waals surface area (Å²) in [7, 11) is -0.334. The molecule has 0 aliphatic carbocycles. The topological polar surface area (TPSA) is 66.9 Å². The molecule has 0 unspecified atom stereocenters. The lowest BCUT2D eigenvalue weighted by Crippen LogP contribution is -2.40. The summed E-state index contributed by atoms with van der Waals surface area (Å²) < 4.78 is 30.4. The van der Waals surface area contributed by atoms with E-state index in [0.29, 0.717) is 11.4 Å². The maximum atomic E-state index is 12.5. The van der Waals surface area contributed by atoms with Crippen molar-refractivity contribution in [2.24, 2.45) is 0 Å². The maximum Gasteiger partial charge on any atom is 0.242 e. The van der Waals surface area contributed by atoms with Crippen molar-refractivity contribution in [1.82, 2.24) is 4.31 Å². The third kappa shape index (κ3) is 5.30. The lowest BCUT2D eigenvalue weighted by Gasteiger charge is -2.23. The number of amides is 1. The number of likely N-dealkylation sites (N-methyl/N-ethyl adjacent to an activating group) is 1. The van der Waals surface area contributed by atoms with Crippen LogP contribution in [-0.2, 0) is 21.4 Å². The quantitative estimate of drug-likeness (QED) is 0.757. The molecule has 0 radical (unpaired) electrons. The molecule has 0 fully saturated rings. The zero-order valence-corrected chi connectivity index (χ0v) is 15.4. The first-order valence-corrected chi connectivity index (χ1v) is 9.56. The third-order valence-corrected chi connectivity index (χ3v) is 5.01. The molecule has 0 spiro atoms. The van der Waals surface area contributed by atoms with Crippen molar-refractivity contribution < 1.29 is 17.9 Å². The second-order valence-corrected chi connectivity index (χ2v) is 7.65. The van der Waals surface area contributed by atoms with Crippen LogP contribution in [0.5, 0.6) is 5.75 Å². The Labute approximate surface area is 148 Å². The van der Waals surface area contributed by atoms with Gasteiger partial charge in [-0.3, -0.25) is 4.79 Å². The first-order valence-electron chi connectivity index (χ1n) is 7.71. The molecule has 0 aromatic heterocycles. The number of hydrogen-bond donors (Lipinski definition) is 0. The fourth-order valence-corrected chi connectivity index (χ4v) is 3.01. The van der Waals surface area contributed by atoms with Crippen molar-refractivity contribution in [3.63, 3.8) is 0 Å². The molecule has 0 aliphatic rings. The van der Waals surface area contributed by atoms with Crippen LogP contribution in [-0.4, -0.2) is 45.6 Å². The van der Waals surface area contributed by atoms with Gasteiger partial charge in [0.2, 0.25) is 15.9 Å². The smallest absolute Gasteiger partial charge is 0.242 e. The van der Waals surface area contributed by atoms with Gasteiger partial charge in [-0.05, 0) is 29.8 Å². The maximum absolute atomic E-state index is 12.5. The second-order valence-electron chi connectivity index (χ2n) is 5.67. The number of carbonyl (C=O) groups excluding carboxylic acids is 1. The van der Waals surface area contributed by atoms with E-state index in [2.05, 4.69) is 0 Å². The fourth-order valence-electron chi connectivity index (χ4n) is 2.28. The van der Waals surface area contributed by atoms with Gasteiger partial charge in [-0.25, -0.2) is 8.42 Å². The first-order chi connectivity index (χ1) is 11.8. The SMILES string of the molecule is COc1ccc(N(C)C(=O)CN(Cc2ccccc2)S(C)(=O)=O)cc1. The number of rotatable bonds is 7. The van der Waals surface area contributed by atoms with Crippen LogP contribution >= 0.6 is 0 Å². The van der Waals surface area contributed by atoms with E-state index in [1.54, 1.807) is 38.4 Å². The number of benzene rings is 2. The molecule has 2 rings (SSSR count). The number of sulfonamides is 1. The summed E-state index contributed by atoms with van der Waals surface area (Å²) in [6.45, 7) is -0.0713. The summed E-state index contributed by atoms with van der Waals surface area (Å²) >= 11 is 0. The van der Waals surface area contributed by atoms with Crippen LogP contribution in [0.3, 0.4) is 0 Å².